The molecule has 0 bridgehead atoms. The van der Waals surface area contributed by atoms with E-state index in [0.717, 1.165) is 42.0 Å². The third kappa shape index (κ3) is 4.07. The number of anilines is 1. The van der Waals surface area contributed by atoms with Crippen molar-refractivity contribution in [2.75, 3.05) is 18.5 Å². The van der Waals surface area contributed by atoms with Crippen LogP contribution in [0, 0.1) is 0 Å². The number of para-hydroxylation sites is 1. The number of rotatable bonds is 5. The molecule has 0 saturated carbocycles. The van der Waals surface area contributed by atoms with Crippen LogP contribution in [0.4, 0.5) is 5.69 Å². The number of carbonyl (C=O) groups is 1. The SMILES string of the molecule is CC1(C)Cc2cccc(OCC(=O)Nc3cccc(C4CCNN4)c3)c2O1. The predicted octanol–water partition coefficient (Wildman–Crippen LogP) is 2.96. The molecule has 1 fully saturated rings. The van der Waals surface area contributed by atoms with Crippen LogP contribution in [0.2, 0.25) is 0 Å². The van der Waals surface area contributed by atoms with Crippen molar-refractivity contribution in [1.82, 2.24) is 10.9 Å². The molecule has 2 aliphatic rings. The summed E-state index contributed by atoms with van der Waals surface area (Å²) in [4.78, 5) is 12.3. The Balaban J connectivity index is 1.37. The van der Waals surface area contributed by atoms with Gasteiger partial charge in [0.25, 0.3) is 5.91 Å². The molecule has 2 heterocycles. The minimum Gasteiger partial charge on any atom is -0.483 e. The van der Waals surface area contributed by atoms with Crippen molar-refractivity contribution in [3.05, 3.63) is 53.6 Å². The topological polar surface area (TPSA) is 71.6 Å². The van der Waals surface area contributed by atoms with Gasteiger partial charge in [-0.1, -0.05) is 24.3 Å². The van der Waals surface area contributed by atoms with E-state index in [4.69, 9.17) is 9.47 Å². The van der Waals surface area contributed by atoms with Gasteiger partial charge in [0.05, 0.1) is 0 Å². The zero-order valence-corrected chi connectivity index (χ0v) is 15.7. The van der Waals surface area contributed by atoms with Crippen LogP contribution in [0.25, 0.3) is 0 Å². The number of amides is 1. The summed E-state index contributed by atoms with van der Waals surface area (Å²) >= 11 is 0. The number of hydrazine groups is 1. The van der Waals surface area contributed by atoms with Gasteiger partial charge in [-0.3, -0.25) is 15.6 Å². The standard InChI is InChI=1S/C21H25N3O3/c1-21(2)12-15-6-4-8-18(20(15)27-21)26-13-19(25)23-16-7-3-5-14(11-16)17-9-10-22-24-17/h3-8,11,17,22,24H,9-10,12-13H2,1-2H3,(H,23,25). The van der Waals surface area contributed by atoms with Crippen molar-refractivity contribution in [2.24, 2.45) is 0 Å². The lowest BCUT2D eigenvalue weighted by molar-refractivity contribution is -0.118. The van der Waals surface area contributed by atoms with Crippen LogP contribution < -0.4 is 25.6 Å². The second-order valence-corrected chi connectivity index (χ2v) is 7.66. The average molecular weight is 367 g/mol. The van der Waals surface area contributed by atoms with E-state index in [1.807, 2.05) is 50.2 Å². The highest BCUT2D eigenvalue weighted by Gasteiger charge is 2.32. The van der Waals surface area contributed by atoms with Gasteiger partial charge in [-0.05, 0) is 44.0 Å². The molecule has 1 saturated heterocycles. The first-order valence-corrected chi connectivity index (χ1v) is 9.32. The number of ether oxygens (including phenoxy) is 2. The molecule has 6 nitrogen and oxygen atoms in total. The van der Waals surface area contributed by atoms with Gasteiger partial charge >= 0.3 is 0 Å². The van der Waals surface area contributed by atoms with Crippen LogP contribution >= 0.6 is 0 Å². The molecule has 2 aromatic carbocycles. The maximum absolute atomic E-state index is 12.3. The predicted molar refractivity (Wildman–Crippen MR) is 104 cm³/mol. The van der Waals surface area contributed by atoms with Crippen LogP contribution in [-0.4, -0.2) is 24.7 Å². The van der Waals surface area contributed by atoms with Crippen molar-refractivity contribution >= 4 is 11.6 Å². The lowest BCUT2D eigenvalue weighted by Crippen LogP contribution is -2.25. The number of hydrogen-bond acceptors (Lipinski definition) is 5. The average Bonchev–Trinajstić information content (AvgIpc) is 3.26. The Morgan fingerprint density at radius 1 is 1.30 bits per heavy atom. The fourth-order valence-electron chi connectivity index (χ4n) is 3.61. The molecule has 1 atom stereocenters. The summed E-state index contributed by atoms with van der Waals surface area (Å²) in [5.41, 5.74) is 9.14. The van der Waals surface area contributed by atoms with Crippen LogP contribution in [0.1, 0.15) is 37.4 Å². The lowest BCUT2D eigenvalue weighted by atomic mass is 10.0. The van der Waals surface area contributed by atoms with Gasteiger partial charge in [-0.15, -0.1) is 0 Å². The van der Waals surface area contributed by atoms with Crippen molar-refractivity contribution < 1.29 is 14.3 Å². The zero-order valence-electron chi connectivity index (χ0n) is 15.7. The molecule has 0 aliphatic carbocycles. The first-order chi connectivity index (χ1) is 13.0. The molecule has 2 aromatic rings. The van der Waals surface area contributed by atoms with E-state index < -0.39 is 0 Å². The van der Waals surface area contributed by atoms with Crippen LogP contribution in [-0.2, 0) is 11.2 Å². The third-order valence-electron chi connectivity index (χ3n) is 4.82. The maximum Gasteiger partial charge on any atom is 0.262 e. The number of benzene rings is 2. The second-order valence-electron chi connectivity index (χ2n) is 7.66. The van der Waals surface area contributed by atoms with Crippen LogP contribution in [0.15, 0.2) is 42.5 Å². The first kappa shape index (κ1) is 17.8. The van der Waals surface area contributed by atoms with E-state index >= 15 is 0 Å². The zero-order chi connectivity index (χ0) is 18.9. The Morgan fingerprint density at radius 3 is 2.96 bits per heavy atom. The highest BCUT2D eigenvalue weighted by molar-refractivity contribution is 5.92. The van der Waals surface area contributed by atoms with Crippen LogP contribution in [0.5, 0.6) is 11.5 Å². The Bertz CT molecular complexity index is 844. The fraction of sp³-hybridized carbons (Fsp3) is 0.381. The van der Waals surface area contributed by atoms with Crippen molar-refractivity contribution in [2.45, 2.75) is 38.3 Å². The van der Waals surface area contributed by atoms with Gasteiger partial charge in [0.15, 0.2) is 18.1 Å². The smallest absolute Gasteiger partial charge is 0.262 e. The second kappa shape index (κ2) is 7.21. The van der Waals surface area contributed by atoms with Gasteiger partial charge in [-0.2, -0.15) is 0 Å². The molecule has 0 aromatic heterocycles. The molecule has 142 valence electrons. The summed E-state index contributed by atoms with van der Waals surface area (Å²) < 4.78 is 11.7. The minimum atomic E-state index is -0.242. The highest BCUT2D eigenvalue weighted by atomic mass is 16.5. The molecule has 1 amide bonds. The normalized spacial score (nSPS) is 20.0. The van der Waals surface area contributed by atoms with E-state index in [1.54, 1.807) is 0 Å². The van der Waals surface area contributed by atoms with Crippen molar-refractivity contribution in [3.63, 3.8) is 0 Å². The largest absolute Gasteiger partial charge is 0.483 e. The molecule has 0 spiro atoms. The van der Waals surface area contributed by atoms with Gasteiger partial charge in [0.1, 0.15) is 5.60 Å². The molecule has 2 aliphatic heterocycles. The van der Waals surface area contributed by atoms with Crippen molar-refractivity contribution in [3.8, 4) is 11.5 Å². The molecule has 3 N–H and O–H groups in total. The molecular weight excluding hydrogens is 342 g/mol. The Kier molecular flexibility index (Phi) is 4.76. The number of nitrogens with one attached hydrogen (secondary N) is 3. The molecular formula is C21H25N3O3. The van der Waals surface area contributed by atoms with Gasteiger partial charge in [0.2, 0.25) is 0 Å². The summed E-state index contributed by atoms with van der Waals surface area (Å²) in [5, 5.41) is 2.91. The highest BCUT2D eigenvalue weighted by Crippen LogP contribution is 2.41. The fourth-order valence-corrected chi connectivity index (χ4v) is 3.61. The van der Waals surface area contributed by atoms with Crippen molar-refractivity contribution in [1.29, 1.82) is 0 Å². The summed E-state index contributed by atoms with van der Waals surface area (Å²) in [5.74, 6) is 1.17. The van der Waals surface area contributed by atoms with E-state index in [-0.39, 0.29) is 24.2 Å². The van der Waals surface area contributed by atoms with E-state index in [0.29, 0.717) is 5.75 Å². The molecule has 6 heteroatoms. The quantitative estimate of drug-likeness (QED) is 0.758. The minimum absolute atomic E-state index is 0.0618. The van der Waals surface area contributed by atoms with E-state index in [1.165, 1.54) is 0 Å². The van der Waals surface area contributed by atoms with Crippen LogP contribution in [0.3, 0.4) is 0 Å². The monoisotopic (exact) mass is 367 g/mol. The van der Waals surface area contributed by atoms with Gasteiger partial charge in [0, 0.05) is 30.3 Å². The summed E-state index contributed by atoms with van der Waals surface area (Å²) in [6.07, 6.45) is 1.86. The Hall–Kier alpha value is -2.57. The Morgan fingerprint density at radius 2 is 2.15 bits per heavy atom. The lowest BCUT2D eigenvalue weighted by Gasteiger charge is -2.18. The summed E-state index contributed by atoms with van der Waals surface area (Å²) in [6, 6.07) is 14.0. The molecule has 27 heavy (non-hydrogen) atoms. The van der Waals surface area contributed by atoms with E-state index in [2.05, 4.69) is 22.2 Å². The number of fused-ring (bicyclic) bond motifs is 1. The first-order valence-electron chi connectivity index (χ1n) is 9.32. The molecule has 0 radical (unpaired) electrons. The number of hydrogen-bond donors (Lipinski definition) is 3. The molecule has 1 unspecified atom stereocenters. The number of carbonyl (C=O) groups excluding carboxylic acids is 1. The summed E-state index contributed by atoms with van der Waals surface area (Å²) in [6.45, 7) is 4.97. The molecule has 4 rings (SSSR count). The van der Waals surface area contributed by atoms with Gasteiger partial charge in [-0.25, -0.2) is 0 Å². The van der Waals surface area contributed by atoms with Gasteiger partial charge < -0.3 is 14.8 Å². The maximum atomic E-state index is 12.3. The van der Waals surface area contributed by atoms with E-state index in [9.17, 15) is 4.79 Å². The Labute approximate surface area is 159 Å². The third-order valence-corrected chi connectivity index (χ3v) is 4.82. The summed E-state index contributed by atoms with van der Waals surface area (Å²) in [7, 11) is 0.